The highest BCUT2D eigenvalue weighted by Crippen LogP contribution is 2.48. The number of hydrogen-bond donors (Lipinski definition) is 0. The zero-order valence-corrected chi connectivity index (χ0v) is 14.3. The number of nitrogens with zero attached hydrogens (tertiary/aromatic N) is 4. The zero-order chi connectivity index (χ0) is 16.9. The molecule has 0 bridgehead atoms. The SMILES string of the molecule is CN(C)CCN(Cc1ccccn1)C(=O)C1CC1c1cccnc1. The maximum Gasteiger partial charge on any atom is 0.226 e. The quantitative estimate of drug-likeness (QED) is 0.783. The van der Waals surface area contributed by atoms with Gasteiger partial charge in [-0.05, 0) is 50.2 Å². The molecule has 2 heterocycles. The molecular weight excluding hydrogens is 300 g/mol. The summed E-state index contributed by atoms with van der Waals surface area (Å²) in [5.74, 6) is 0.633. The normalized spacial score (nSPS) is 19.3. The van der Waals surface area contributed by atoms with Gasteiger partial charge in [0.1, 0.15) is 0 Å². The van der Waals surface area contributed by atoms with Crippen molar-refractivity contribution in [1.29, 1.82) is 0 Å². The van der Waals surface area contributed by atoms with E-state index in [9.17, 15) is 4.79 Å². The van der Waals surface area contributed by atoms with Gasteiger partial charge in [0.15, 0.2) is 0 Å². The van der Waals surface area contributed by atoms with E-state index in [4.69, 9.17) is 0 Å². The first-order valence-corrected chi connectivity index (χ1v) is 8.38. The van der Waals surface area contributed by atoms with Gasteiger partial charge in [0.05, 0.1) is 12.2 Å². The van der Waals surface area contributed by atoms with Crippen molar-refractivity contribution in [3.63, 3.8) is 0 Å². The van der Waals surface area contributed by atoms with E-state index in [0.29, 0.717) is 12.5 Å². The van der Waals surface area contributed by atoms with Crippen LogP contribution in [0, 0.1) is 5.92 Å². The fourth-order valence-electron chi connectivity index (χ4n) is 2.94. The second kappa shape index (κ2) is 7.53. The van der Waals surface area contributed by atoms with Crippen LogP contribution >= 0.6 is 0 Å². The van der Waals surface area contributed by atoms with E-state index in [0.717, 1.165) is 25.2 Å². The van der Waals surface area contributed by atoms with Gasteiger partial charge in [0.2, 0.25) is 5.91 Å². The molecule has 126 valence electrons. The molecule has 1 aliphatic rings. The smallest absolute Gasteiger partial charge is 0.226 e. The van der Waals surface area contributed by atoms with E-state index in [1.165, 1.54) is 5.56 Å². The van der Waals surface area contributed by atoms with Crippen molar-refractivity contribution in [2.75, 3.05) is 27.2 Å². The number of carbonyl (C=O) groups is 1. The predicted molar refractivity (Wildman–Crippen MR) is 93.3 cm³/mol. The highest BCUT2D eigenvalue weighted by Gasteiger charge is 2.45. The molecule has 1 amide bonds. The molecule has 0 N–H and O–H groups in total. The fourth-order valence-corrected chi connectivity index (χ4v) is 2.94. The highest BCUT2D eigenvalue weighted by atomic mass is 16.2. The first-order chi connectivity index (χ1) is 11.6. The summed E-state index contributed by atoms with van der Waals surface area (Å²) in [4.78, 5) is 25.6. The number of likely N-dealkylation sites (N-methyl/N-ethyl adjacent to an activating group) is 1. The third-order valence-corrected chi connectivity index (χ3v) is 4.43. The molecule has 0 radical (unpaired) electrons. The first-order valence-electron chi connectivity index (χ1n) is 8.38. The van der Waals surface area contributed by atoms with Crippen molar-refractivity contribution in [3.8, 4) is 0 Å². The minimum atomic E-state index is 0.0834. The van der Waals surface area contributed by atoms with Crippen LogP contribution in [0.1, 0.15) is 23.6 Å². The van der Waals surface area contributed by atoms with Gasteiger partial charge in [-0.3, -0.25) is 14.8 Å². The van der Waals surface area contributed by atoms with Gasteiger partial charge in [-0.25, -0.2) is 0 Å². The molecule has 5 heteroatoms. The maximum absolute atomic E-state index is 13.0. The van der Waals surface area contributed by atoms with E-state index in [2.05, 4.69) is 20.9 Å². The lowest BCUT2D eigenvalue weighted by Gasteiger charge is -2.24. The van der Waals surface area contributed by atoms with Gasteiger partial charge in [0.25, 0.3) is 0 Å². The molecule has 2 aromatic rings. The second-order valence-electron chi connectivity index (χ2n) is 6.62. The Hall–Kier alpha value is -2.27. The molecule has 0 spiro atoms. The van der Waals surface area contributed by atoms with Crippen LogP contribution in [0.5, 0.6) is 0 Å². The number of rotatable bonds is 7. The lowest BCUT2D eigenvalue weighted by atomic mass is 10.1. The Kier molecular flexibility index (Phi) is 5.20. The summed E-state index contributed by atoms with van der Waals surface area (Å²) in [7, 11) is 4.05. The van der Waals surface area contributed by atoms with Crippen molar-refractivity contribution in [2.24, 2.45) is 5.92 Å². The average molecular weight is 324 g/mol. The van der Waals surface area contributed by atoms with Crippen LogP contribution < -0.4 is 0 Å². The standard InChI is InChI=1S/C19H24N4O/c1-22(2)10-11-23(14-16-7-3-4-9-21-16)19(24)18-12-17(18)15-6-5-8-20-13-15/h3-9,13,17-18H,10-12,14H2,1-2H3. The third kappa shape index (κ3) is 4.17. The Labute approximate surface area is 143 Å². The van der Waals surface area contributed by atoms with Crippen LogP contribution in [-0.4, -0.2) is 52.9 Å². The van der Waals surface area contributed by atoms with E-state index in [-0.39, 0.29) is 11.8 Å². The lowest BCUT2D eigenvalue weighted by molar-refractivity contribution is -0.133. The molecule has 0 aliphatic heterocycles. The van der Waals surface area contributed by atoms with Crippen LogP contribution in [0.4, 0.5) is 0 Å². The maximum atomic E-state index is 13.0. The van der Waals surface area contributed by atoms with Gasteiger partial charge in [0, 0.05) is 37.6 Å². The molecule has 2 aromatic heterocycles. The molecule has 1 aliphatic carbocycles. The van der Waals surface area contributed by atoms with Crippen LogP contribution in [0.2, 0.25) is 0 Å². The molecule has 24 heavy (non-hydrogen) atoms. The summed E-state index contributed by atoms with van der Waals surface area (Å²) >= 11 is 0. The predicted octanol–water partition coefficient (Wildman–Crippen LogP) is 2.17. The number of hydrogen-bond acceptors (Lipinski definition) is 4. The average Bonchev–Trinajstić information content (AvgIpc) is 3.40. The van der Waals surface area contributed by atoms with E-state index in [1.807, 2.05) is 49.5 Å². The monoisotopic (exact) mass is 324 g/mol. The molecular formula is C19H24N4O. The number of amides is 1. The summed E-state index contributed by atoms with van der Waals surface area (Å²) in [6, 6.07) is 9.84. The third-order valence-electron chi connectivity index (χ3n) is 4.43. The molecule has 1 fully saturated rings. The Morgan fingerprint density at radius 3 is 2.71 bits per heavy atom. The Morgan fingerprint density at radius 1 is 1.17 bits per heavy atom. The largest absolute Gasteiger partial charge is 0.335 e. The van der Waals surface area contributed by atoms with E-state index >= 15 is 0 Å². The summed E-state index contributed by atoms with van der Waals surface area (Å²) in [5.41, 5.74) is 2.10. The summed E-state index contributed by atoms with van der Waals surface area (Å²) in [5, 5.41) is 0. The van der Waals surface area contributed by atoms with Crippen molar-refractivity contribution in [3.05, 3.63) is 60.2 Å². The van der Waals surface area contributed by atoms with Crippen molar-refractivity contribution >= 4 is 5.91 Å². The van der Waals surface area contributed by atoms with Crippen molar-refractivity contribution in [1.82, 2.24) is 19.8 Å². The van der Waals surface area contributed by atoms with E-state index in [1.54, 1.807) is 12.4 Å². The number of carbonyl (C=O) groups excluding carboxylic acids is 1. The minimum Gasteiger partial charge on any atom is -0.335 e. The van der Waals surface area contributed by atoms with Gasteiger partial charge < -0.3 is 9.80 Å². The van der Waals surface area contributed by atoms with Crippen LogP contribution in [0.15, 0.2) is 48.9 Å². The molecule has 0 aromatic carbocycles. The summed E-state index contributed by atoms with van der Waals surface area (Å²) in [6.07, 6.45) is 6.35. The van der Waals surface area contributed by atoms with Crippen molar-refractivity contribution in [2.45, 2.75) is 18.9 Å². The Morgan fingerprint density at radius 2 is 2.04 bits per heavy atom. The Bertz CT molecular complexity index is 660. The second-order valence-corrected chi connectivity index (χ2v) is 6.62. The number of aromatic nitrogens is 2. The molecule has 0 saturated heterocycles. The topological polar surface area (TPSA) is 49.3 Å². The molecule has 1 saturated carbocycles. The van der Waals surface area contributed by atoms with Crippen LogP contribution in [0.3, 0.4) is 0 Å². The fraction of sp³-hybridized carbons (Fsp3) is 0.421. The van der Waals surface area contributed by atoms with Crippen LogP contribution in [-0.2, 0) is 11.3 Å². The summed E-state index contributed by atoms with van der Waals surface area (Å²) in [6.45, 7) is 2.14. The lowest BCUT2D eigenvalue weighted by Crippen LogP contribution is -2.37. The minimum absolute atomic E-state index is 0.0834. The van der Waals surface area contributed by atoms with Gasteiger partial charge in [-0.1, -0.05) is 12.1 Å². The summed E-state index contributed by atoms with van der Waals surface area (Å²) < 4.78 is 0. The number of pyridine rings is 2. The van der Waals surface area contributed by atoms with E-state index < -0.39 is 0 Å². The van der Waals surface area contributed by atoms with Crippen LogP contribution in [0.25, 0.3) is 0 Å². The van der Waals surface area contributed by atoms with Gasteiger partial charge >= 0.3 is 0 Å². The van der Waals surface area contributed by atoms with Gasteiger partial charge in [-0.15, -0.1) is 0 Å². The molecule has 2 unspecified atom stereocenters. The van der Waals surface area contributed by atoms with Gasteiger partial charge in [-0.2, -0.15) is 0 Å². The zero-order valence-electron chi connectivity index (χ0n) is 14.3. The highest BCUT2D eigenvalue weighted by molar-refractivity contribution is 5.83. The first kappa shape index (κ1) is 16.6. The molecule has 2 atom stereocenters. The Balaban J connectivity index is 1.67. The molecule has 3 rings (SSSR count). The van der Waals surface area contributed by atoms with Crippen molar-refractivity contribution < 1.29 is 4.79 Å². The molecule has 5 nitrogen and oxygen atoms in total.